The molecule has 2 aromatic rings. The molecule has 0 aliphatic carbocycles. The molecule has 35 heavy (non-hydrogen) atoms. The van der Waals surface area contributed by atoms with Crippen LogP contribution in [-0.2, 0) is 10.0 Å². The van der Waals surface area contributed by atoms with E-state index in [4.69, 9.17) is 0 Å². The lowest BCUT2D eigenvalue weighted by atomic mass is 9.99. The molecule has 0 bridgehead atoms. The predicted molar refractivity (Wildman–Crippen MR) is 132 cm³/mol. The molecule has 2 aromatic carbocycles. The van der Waals surface area contributed by atoms with Crippen LogP contribution in [0.15, 0.2) is 47.4 Å². The summed E-state index contributed by atoms with van der Waals surface area (Å²) in [6.07, 6.45) is 5.73. The van der Waals surface area contributed by atoms with Crippen molar-refractivity contribution in [1.82, 2.24) is 9.80 Å². The molecule has 2 aliphatic heterocycles. The number of sulfonamides is 1. The van der Waals surface area contributed by atoms with Gasteiger partial charge in [-0.3, -0.25) is 14.3 Å². The molecule has 0 unspecified atom stereocenters. The monoisotopic (exact) mass is 501 g/mol. The molecular formula is C26H32FN3O4S. The predicted octanol–water partition coefficient (Wildman–Crippen LogP) is 4.66. The number of nitrogens with zero attached hydrogens (tertiary/aromatic N) is 2. The van der Waals surface area contributed by atoms with Crippen LogP contribution < -0.4 is 4.72 Å². The van der Waals surface area contributed by atoms with Gasteiger partial charge in [0, 0.05) is 36.3 Å². The average molecular weight is 502 g/mol. The zero-order valence-corrected chi connectivity index (χ0v) is 21.0. The molecule has 2 fully saturated rings. The number of amides is 2. The fourth-order valence-electron chi connectivity index (χ4n) is 4.89. The maximum atomic E-state index is 13.4. The summed E-state index contributed by atoms with van der Waals surface area (Å²) in [6.45, 7) is 5.25. The molecule has 2 aliphatic rings. The van der Waals surface area contributed by atoms with Gasteiger partial charge in [0.2, 0.25) is 0 Å². The number of anilines is 1. The van der Waals surface area contributed by atoms with Gasteiger partial charge in [0.05, 0.1) is 10.6 Å². The molecule has 1 N–H and O–H groups in total. The van der Waals surface area contributed by atoms with Crippen LogP contribution in [-0.4, -0.2) is 55.2 Å². The number of hydrogen-bond donors (Lipinski definition) is 1. The fraction of sp³-hybridized carbons (Fsp3) is 0.462. The van der Waals surface area contributed by atoms with Gasteiger partial charge in [-0.05, 0) is 94.8 Å². The van der Waals surface area contributed by atoms with Crippen LogP contribution in [0.25, 0.3) is 0 Å². The minimum Gasteiger partial charge on any atom is -0.336 e. The number of likely N-dealkylation sites (tertiary alicyclic amines) is 2. The zero-order valence-electron chi connectivity index (χ0n) is 20.2. The third-order valence-electron chi connectivity index (χ3n) is 6.93. The third kappa shape index (κ3) is 5.66. The van der Waals surface area contributed by atoms with Crippen molar-refractivity contribution in [2.75, 3.05) is 17.8 Å². The normalized spacial score (nSPS) is 21.0. The van der Waals surface area contributed by atoms with Gasteiger partial charge in [-0.25, -0.2) is 12.8 Å². The number of nitrogens with one attached hydrogen (secondary N) is 1. The Balaban J connectivity index is 1.71. The van der Waals surface area contributed by atoms with Gasteiger partial charge >= 0.3 is 0 Å². The van der Waals surface area contributed by atoms with E-state index in [0.29, 0.717) is 13.1 Å². The van der Waals surface area contributed by atoms with Crippen LogP contribution in [0, 0.1) is 5.82 Å². The molecule has 0 radical (unpaired) electrons. The highest BCUT2D eigenvalue weighted by Gasteiger charge is 2.28. The lowest BCUT2D eigenvalue weighted by Crippen LogP contribution is -2.43. The standard InChI is InChI=1S/C26H32FN3O4S/c1-18-7-3-5-13-29(18)25(31)20-15-21(26(32)30-14-6-4-8-19(30)2)17-23(16-20)28-35(33,34)24-11-9-22(27)10-12-24/h9-12,15-19,28H,3-8,13-14H2,1-2H3/t18-,19+. The number of carbonyl (C=O) groups excluding carboxylic acids is 2. The number of rotatable bonds is 5. The van der Waals surface area contributed by atoms with Gasteiger partial charge in [0.1, 0.15) is 5.82 Å². The number of carbonyl (C=O) groups is 2. The van der Waals surface area contributed by atoms with E-state index >= 15 is 0 Å². The van der Waals surface area contributed by atoms with Gasteiger partial charge in [0.15, 0.2) is 0 Å². The second kappa shape index (κ2) is 10.4. The number of halogens is 1. The van der Waals surface area contributed by atoms with Crippen LogP contribution in [0.2, 0.25) is 0 Å². The van der Waals surface area contributed by atoms with Crippen LogP contribution in [0.1, 0.15) is 73.1 Å². The maximum Gasteiger partial charge on any atom is 0.261 e. The molecule has 0 saturated carbocycles. The van der Waals surface area contributed by atoms with Crippen LogP contribution in [0.4, 0.5) is 10.1 Å². The van der Waals surface area contributed by atoms with E-state index in [1.807, 2.05) is 13.8 Å². The Bertz CT molecular complexity index is 1150. The zero-order chi connectivity index (χ0) is 25.2. The van der Waals surface area contributed by atoms with E-state index in [-0.39, 0.29) is 45.6 Å². The summed E-state index contributed by atoms with van der Waals surface area (Å²) in [5, 5.41) is 0. The highest BCUT2D eigenvalue weighted by molar-refractivity contribution is 7.92. The first-order valence-electron chi connectivity index (χ1n) is 12.2. The van der Waals surface area contributed by atoms with Crippen molar-refractivity contribution >= 4 is 27.5 Å². The molecule has 2 heterocycles. The van der Waals surface area contributed by atoms with Gasteiger partial charge in [-0.15, -0.1) is 0 Å². The molecule has 9 heteroatoms. The number of benzene rings is 2. The maximum absolute atomic E-state index is 13.4. The molecule has 7 nitrogen and oxygen atoms in total. The topological polar surface area (TPSA) is 86.8 Å². The van der Waals surface area contributed by atoms with E-state index in [9.17, 15) is 22.4 Å². The van der Waals surface area contributed by atoms with Crippen molar-refractivity contribution in [3.8, 4) is 0 Å². The van der Waals surface area contributed by atoms with Crippen LogP contribution >= 0.6 is 0 Å². The van der Waals surface area contributed by atoms with Crippen LogP contribution in [0.5, 0.6) is 0 Å². The summed E-state index contributed by atoms with van der Waals surface area (Å²) in [5.74, 6) is -0.989. The molecular weight excluding hydrogens is 469 g/mol. The lowest BCUT2D eigenvalue weighted by Gasteiger charge is -2.34. The Morgan fingerprint density at radius 1 is 0.829 bits per heavy atom. The van der Waals surface area contributed by atoms with Gasteiger partial charge in [-0.2, -0.15) is 0 Å². The van der Waals surface area contributed by atoms with Crippen molar-refractivity contribution in [3.63, 3.8) is 0 Å². The fourth-order valence-corrected chi connectivity index (χ4v) is 5.93. The summed E-state index contributed by atoms with van der Waals surface area (Å²) in [4.78, 5) is 30.3. The van der Waals surface area contributed by atoms with Crippen molar-refractivity contribution in [2.45, 2.75) is 69.4 Å². The SMILES string of the molecule is C[C@@H]1CCCCN1C(=O)c1cc(NS(=O)(=O)c2ccc(F)cc2)cc(C(=O)N2CCCC[C@@H]2C)c1. The molecule has 188 valence electrons. The van der Waals surface area contributed by atoms with E-state index in [2.05, 4.69) is 4.72 Å². The largest absolute Gasteiger partial charge is 0.336 e. The minimum absolute atomic E-state index is 0.0667. The molecule has 2 saturated heterocycles. The Morgan fingerprint density at radius 3 is 1.77 bits per heavy atom. The third-order valence-corrected chi connectivity index (χ3v) is 8.33. The summed E-state index contributed by atoms with van der Waals surface area (Å²) < 4.78 is 41.7. The molecule has 2 atom stereocenters. The van der Waals surface area contributed by atoms with Crippen LogP contribution in [0.3, 0.4) is 0 Å². The molecule has 4 rings (SSSR count). The summed E-state index contributed by atoms with van der Waals surface area (Å²) in [6, 6.07) is 9.13. The molecule has 0 aromatic heterocycles. The first-order chi connectivity index (χ1) is 16.7. The highest BCUT2D eigenvalue weighted by Crippen LogP contribution is 2.26. The van der Waals surface area contributed by atoms with E-state index in [0.717, 1.165) is 50.7 Å². The highest BCUT2D eigenvalue weighted by atomic mass is 32.2. The average Bonchev–Trinajstić information content (AvgIpc) is 2.83. The second-order valence-corrected chi connectivity index (χ2v) is 11.2. The Kier molecular flexibility index (Phi) is 7.44. The molecule has 2 amide bonds. The van der Waals surface area contributed by atoms with Crippen molar-refractivity contribution in [2.24, 2.45) is 0 Å². The Morgan fingerprint density at radius 2 is 1.31 bits per heavy atom. The first-order valence-corrected chi connectivity index (χ1v) is 13.7. The van der Waals surface area contributed by atoms with Crippen molar-refractivity contribution in [3.05, 3.63) is 59.4 Å². The van der Waals surface area contributed by atoms with E-state index in [1.165, 1.54) is 24.3 Å². The Hall–Kier alpha value is -2.94. The smallest absolute Gasteiger partial charge is 0.261 e. The first kappa shape index (κ1) is 25.2. The van der Waals surface area contributed by atoms with Gasteiger partial charge in [0.25, 0.3) is 21.8 Å². The lowest BCUT2D eigenvalue weighted by molar-refractivity contribution is 0.0634. The molecule has 0 spiro atoms. The van der Waals surface area contributed by atoms with Gasteiger partial charge in [-0.1, -0.05) is 0 Å². The minimum atomic E-state index is -4.05. The number of piperidine rings is 2. The summed E-state index contributed by atoms with van der Waals surface area (Å²) >= 11 is 0. The van der Waals surface area contributed by atoms with Crippen molar-refractivity contribution < 1.29 is 22.4 Å². The second-order valence-electron chi connectivity index (χ2n) is 9.55. The summed E-state index contributed by atoms with van der Waals surface area (Å²) in [5.41, 5.74) is 0.662. The number of hydrogen-bond acceptors (Lipinski definition) is 4. The van der Waals surface area contributed by atoms with Gasteiger partial charge < -0.3 is 9.80 Å². The Labute approximate surface area is 206 Å². The van der Waals surface area contributed by atoms with E-state index < -0.39 is 15.8 Å². The summed E-state index contributed by atoms with van der Waals surface area (Å²) in [7, 11) is -4.05. The van der Waals surface area contributed by atoms with E-state index in [1.54, 1.807) is 15.9 Å². The van der Waals surface area contributed by atoms with Crippen molar-refractivity contribution in [1.29, 1.82) is 0 Å². The quantitative estimate of drug-likeness (QED) is 0.646.